The van der Waals surface area contributed by atoms with E-state index >= 15 is 0 Å². The van der Waals surface area contributed by atoms with Crippen molar-refractivity contribution in [2.24, 2.45) is 34.5 Å². The molecule has 0 amide bonds. The molecule has 23 heavy (non-hydrogen) atoms. The molecule has 0 heterocycles. The Morgan fingerprint density at radius 3 is 2.43 bits per heavy atom. The van der Waals surface area contributed by atoms with Crippen LogP contribution in [0, 0.1) is 34.5 Å². The van der Waals surface area contributed by atoms with Crippen LogP contribution in [0.1, 0.15) is 84.5 Å². The molecule has 0 aromatic rings. The van der Waals surface area contributed by atoms with Gasteiger partial charge in [-0.05, 0) is 92.3 Å². The molecule has 2 nitrogen and oxygen atoms in total. The summed E-state index contributed by atoms with van der Waals surface area (Å²) in [6, 6.07) is 0. The van der Waals surface area contributed by atoms with Crippen LogP contribution in [0.4, 0.5) is 0 Å². The number of aliphatic hydroxyl groups excluding tert-OH is 1. The Kier molecular flexibility index (Phi) is 3.89. The quantitative estimate of drug-likeness (QED) is 0.784. The van der Waals surface area contributed by atoms with Gasteiger partial charge in [0.1, 0.15) is 0 Å². The molecular weight excluding hydrogens is 284 g/mol. The molecule has 4 aliphatic carbocycles. The van der Waals surface area contributed by atoms with E-state index in [1.54, 1.807) is 0 Å². The average molecular weight is 321 g/mol. The summed E-state index contributed by atoms with van der Waals surface area (Å²) in [5.41, 5.74) is 0.0245. The number of hydrogen-bond donors (Lipinski definition) is 2. The highest BCUT2D eigenvalue weighted by atomic mass is 16.3. The highest BCUT2D eigenvalue weighted by molar-refractivity contribution is 5.13. The van der Waals surface area contributed by atoms with Crippen molar-refractivity contribution in [1.82, 2.24) is 0 Å². The first kappa shape index (κ1) is 16.4. The van der Waals surface area contributed by atoms with E-state index in [0.717, 1.165) is 24.2 Å². The van der Waals surface area contributed by atoms with Crippen LogP contribution in [0.2, 0.25) is 0 Å². The Morgan fingerprint density at radius 2 is 1.65 bits per heavy atom. The molecule has 132 valence electrons. The minimum absolute atomic E-state index is 0.0504. The van der Waals surface area contributed by atoms with Crippen molar-refractivity contribution < 1.29 is 10.2 Å². The van der Waals surface area contributed by atoms with Gasteiger partial charge in [0.15, 0.2) is 0 Å². The van der Waals surface area contributed by atoms with Gasteiger partial charge < -0.3 is 10.2 Å². The molecule has 0 radical (unpaired) electrons. The summed E-state index contributed by atoms with van der Waals surface area (Å²) in [6.45, 7) is 5.10. The van der Waals surface area contributed by atoms with Gasteiger partial charge in [-0.15, -0.1) is 0 Å². The van der Waals surface area contributed by atoms with Crippen molar-refractivity contribution in [2.45, 2.75) is 90.1 Å². The number of hydrogen-bond acceptors (Lipinski definition) is 2. The maximum Gasteiger partial charge on any atom is 0.0725 e. The lowest BCUT2D eigenvalue weighted by molar-refractivity contribution is -0.155. The van der Waals surface area contributed by atoms with Gasteiger partial charge in [0.05, 0.1) is 5.60 Å². The fourth-order valence-corrected chi connectivity index (χ4v) is 8.00. The summed E-state index contributed by atoms with van der Waals surface area (Å²) >= 11 is 0. The SMILES string of the molecule is C[C@]12CCCCC1CC[C@@H]1[C@@H]2CC[C@@]2(C)[C@H]1CC[C@]2(O)CCO. The van der Waals surface area contributed by atoms with Gasteiger partial charge in [-0.25, -0.2) is 0 Å². The Bertz CT molecular complexity index is 463. The molecule has 0 saturated heterocycles. The van der Waals surface area contributed by atoms with E-state index in [2.05, 4.69) is 13.8 Å². The van der Waals surface area contributed by atoms with Gasteiger partial charge >= 0.3 is 0 Å². The van der Waals surface area contributed by atoms with E-state index < -0.39 is 5.60 Å². The van der Waals surface area contributed by atoms with Crippen molar-refractivity contribution in [1.29, 1.82) is 0 Å². The molecule has 0 bridgehead atoms. The zero-order valence-electron chi connectivity index (χ0n) is 15.2. The topological polar surface area (TPSA) is 40.5 Å². The van der Waals surface area contributed by atoms with Gasteiger partial charge in [-0.2, -0.15) is 0 Å². The monoisotopic (exact) mass is 320 g/mol. The van der Waals surface area contributed by atoms with Crippen LogP contribution >= 0.6 is 0 Å². The molecule has 4 rings (SSSR count). The van der Waals surface area contributed by atoms with Crippen LogP contribution in [0.15, 0.2) is 0 Å². The van der Waals surface area contributed by atoms with Crippen molar-refractivity contribution in [3.63, 3.8) is 0 Å². The normalized spacial score (nSPS) is 55.8. The van der Waals surface area contributed by atoms with Crippen LogP contribution in [-0.2, 0) is 0 Å². The Hall–Kier alpha value is -0.0800. The van der Waals surface area contributed by atoms with Crippen LogP contribution < -0.4 is 0 Å². The first-order chi connectivity index (χ1) is 10.9. The lowest BCUT2D eigenvalue weighted by atomic mass is 9.44. The van der Waals surface area contributed by atoms with Crippen LogP contribution in [0.25, 0.3) is 0 Å². The van der Waals surface area contributed by atoms with E-state index in [1.165, 1.54) is 57.8 Å². The third-order valence-electron chi connectivity index (χ3n) is 9.43. The van der Waals surface area contributed by atoms with Crippen molar-refractivity contribution >= 4 is 0 Å². The lowest BCUT2D eigenvalue weighted by Crippen LogP contribution is -2.56. The highest BCUT2D eigenvalue weighted by Gasteiger charge is 2.63. The minimum Gasteiger partial charge on any atom is -0.396 e. The third-order valence-corrected chi connectivity index (χ3v) is 9.43. The second-order valence-corrected chi connectivity index (χ2v) is 9.90. The molecule has 4 aliphatic rings. The fraction of sp³-hybridized carbons (Fsp3) is 1.00. The van der Waals surface area contributed by atoms with E-state index in [4.69, 9.17) is 0 Å². The predicted octanol–water partition coefficient (Wildman–Crippen LogP) is 4.53. The molecule has 0 spiro atoms. The second-order valence-electron chi connectivity index (χ2n) is 9.90. The summed E-state index contributed by atoms with van der Waals surface area (Å²) in [4.78, 5) is 0. The molecule has 4 saturated carbocycles. The van der Waals surface area contributed by atoms with Crippen molar-refractivity contribution in [3.8, 4) is 0 Å². The van der Waals surface area contributed by atoms with E-state index in [9.17, 15) is 10.2 Å². The first-order valence-electron chi connectivity index (χ1n) is 10.3. The van der Waals surface area contributed by atoms with Crippen LogP contribution in [-0.4, -0.2) is 22.4 Å². The molecule has 4 fully saturated rings. The zero-order valence-corrected chi connectivity index (χ0v) is 15.2. The molecule has 0 aromatic carbocycles. The first-order valence-corrected chi connectivity index (χ1v) is 10.3. The van der Waals surface area contributed by atoms with Gasteiger partial charge in [-0.1, -0.05) is 26.7 Å². The molecule has 0 aliphatic heterocycles. The molecule has 1 unspecified atom stereocenters. The molecular formula is C21H36O2. The predicted molar refractivity (Wildman–Crippen MR) is 93.0 cm³/mol. The van der Waals surface area contributed by atoms with Gasteiger partial charge in [0, 0.05) is 6.61 Å². The summed E-state index contributed by atoms with van der Waals surface area (Å²) in [5, 5.41) is 20.7. The summed E-state index contributed by atoms with van der Waals surface area (Å²) in [6.07, 6.45) is 13.8. The van der Waals surface area contributed by atoms with E-state index in [0.29, 0.717) is 17.8 Å². The number of aliphatic hydroxyl groups is 2. The summed E-state index contributed by atoms with van der Waals surface area (Å²) in [5.74, 6) is 3.40. The Labute approximate surface area is 142 Å². The van der Waals surface area contributed by atoms with Crippen molar-refractivity contribution in [2.75, 3.05) is 6.61 Å². The smallest absolute Gasteiger partial charge is 0.0725 e. The summed E-state index contributed by atoms with van der Waals surface area (Å²) < 4.78 is 0. The number of fused-ring (bicyclic) bond motifs is 5. The van der Waals surface area contributed by atoms with Gasteiger partial charge in [0.2, 0.25) is 0 Å². The average Bonchev–Trinajstić information content (AvgIpc) is 2.79. The third kappa shape index (κ3) is 2.13. The van der Waals surface area contributed by atoms with E-state index in [-0.39, 0.29) is 12.0 Å². The maximum atomic E-state index is 11.3. The molecule has 0 aromatic heterocycles. The zero-order chi connectivity index (χ0) is 16.3. The standard InChI is InChI=1S/C21H36O2/c1-19-10-4-3-5-15(19)6-7-16-17(19)8-11-20(2)18(16)9-12-21(20,23)13-14-22/h15-18,22-23H,3-14H2,1-2H3/t15?,16-,17+,18+,19+,20+,21+/m1/s1. The highest BCUT2D eigenvalue weighted by Crippen LogP contribution is 2.68. The Morgan fingerprint density at radius 1 is 0.870 bits per heavy atom. The summed E-state index contributed by atoms with van der Waals surface area (Å²) in [7, 11) is 0. The Balaban J connectivity index is 1.63. The largest absolute Gasteiger partial charge is 0.396 e. The molecule has 2 N–H and O–H groups in total. The van der Waals surface area contributed by atoms with Gasteiger partial charge in [0.25, 0.3) is 0 Å². The van der Waals surface area contributed by atoms with E-state index in [1.807, 2.05) is 0 Å². The minimum atomic E-state index is -0.609. The van der Waals surface area contributed by atoms with Gasteiger partial charge in [-0.3, -0.25) is 0 Å². The van der Waals surface area contributed by atoms with Crippen molar-refractivity contribution in [3.05, 3.63) is 0 Å². The van der Waals surface area contributed by atoms with Crippen LogP contribution in [0.5, 0.6) is 0 Å². The number of rotatable bonds is 2. The maximum absolute atomic E-state index is 11.3. The molecule has 2 heteroatoms. The van der Waals surface area contributed by atoms with Crippen LogP contribution in [0.3, 0.4) is 0 Å². The molecule has 7 atom stereocenters. The lowest BCUT2D eigenvalue weighted by Gasteiger charge is -2.61. The second kappa shape index (κ2) is 5.46. The fourth-order valence-electron chi connectivity index (χ4n) is 8.00.